The van der Waals surface area contributed by atoms with Gasteiger partial charge < -0.3 is 20.1 Å². The molecule has 148 valence electrons. The van der Waals surface area contributed by atoms with E-state index < -0.39 is 5.91 Å². The van der Waals surface area contributed by atoms with E-state index in [1.807, 2.05) is 30.3 Å². The summed E-state index contributed by atoms with van der Waals surface area (Å²) in [5.74, 6) is 1.63. The quantitative estimate of drug-likeness (QED) is 0.658. The smallest absolute Gasteiger partial charge is 0.254 e. The molecule has 6 heteroatoms. The first-order valence-electron chi connectivity index (χ1n) is 9.75. The number of carbonyl (C=O) groups excluding carboxylic acids is 1. The number of carbonyl (C=O) groups is 1. The summed E-state index contributed by atoms with van der Waals surface area (Å²) in [5.41, 5.74) is 6.76. The van der Waals surface area contributed by atoms with E-state index in [9.17, 15) is 4.79 Å². The number of aromatic nitrogens is 1. The average Bonchev–Trinajstić information content (AvgIpc) is 2.76. The maximum atomic E-state index is 12.0. The normalized spacial score (nSPS) is 13.7. The molecule has 4 rings (SSSR count). The molecule has 2 heterocycles. The van der Waals surface area contributed by atoms with E-state index in [4.69, 9.17) is 15.2 Å². The Bertz CT molecular complexity index is 968. The second-order valence-electron chi connectivity index (χ2n) is 6.95. The summed E-state index contributed by atoms with van der Waals surface area (Å²) in [7, 11) is 0. The number of piperidine rings is 1. The predicted molar refractivity (Wildman–Crippen MR) is 112 cm³/mol. The summed E-state index contributed by atoms with van der Waals surface area (Å²) in [6.45, 7) is 1.92. The van der Waals surface area contributed by atoms with Gasteiger partial charge in [0.1, 0.15) is 22.8 Å². The van der Waals surface area contributed by atoms with Crippen LogP contribution >= 0.6 is 0 Å². The number of hydrogen-bond donors (Lipinski definition) is 1. The molecule has 3 aromatic rings. The Morgan fingerprint density at radius 2 is 1.48 bits per heavy atom. The van der Waals surface area contributed by atoms with Crippen LogP contribution in [-0.2, 0) is 0 Å². The second-order valence-corrected chi connectivity index (χ2v) is 6.95. The molecule has 1 aromatic heterocycles. The number of pyridine rings is 1. The van der Waals surface area contributed by atoms with Gasteiger partial charge in [0.25, 0.3) is 5.91 Å². The van der Waals surface area contributed by atoms with Crippen LogP contribution in [0.1, 0.15) is 29.6 Å². The Hall–Kier alpha value is -3.54. The lowest BCUT2D eigenvalue weighted by atomic mass is 10.1. The third kappa shape index (κ3) is 4.66. The van der Waals surface area contributed by atoms with E-state index in [-0.39, 0.29) is 11.4 Å². The molecule has 0 bridgehead atoms. The SMILES string of the molecule is NC(=O)c1cc(N2CCCCC2)cnc1Oc1ccc(Oc2ccccc2)cc1. The van der Waals surface area contributed by atoms with E-state index in [1.54, 1.807) is 36.5 Å². The zero-order chi connectivity index (χ0) is 20.1. The summed E-state index contributed by atoms with van der Waals surface area (Å²) < 4.78 is 11.6. The van der Waals surface area contributed by atoms with Crippen molar-refractivity contribution in [3.63, 3.8) is 0 Å². The number of hydrogen-bond acceptors (Lipinski definition) is 5. The summed E-state index contributed by atoms with van der Waals surface area (Å²) in [6.07, 6.45) is 5.25. The molecule has 2 aromatic carbocycles. The van der Waals surface area contributed by atoms with Crippen molar-refractivity contribution in [2.24, 2.45) is 5.73 Å². The minimum Gasteiger partial charge on any atom is -0.457 e. The Morgan fingerprint density at radius 1 is 0.862 bits per heavy atom. The fraction of sp³-hybridized carbons (Fsp3) is 0.217. The molecule has 1 aliphatic rings. The van der Waals surface area contributed by atoms with E-state index in [0.717, 1.165) is 37.4 Å². The van der Waals surface area contributed by atoms with Crippen LogP contribution in [0.15, 0.2) is 66.9 Å². The number of nitrogens with zero attached hydrogens (tertiary/aromatic N) is 2. The van der Waals surface area contributed by atoms with Crippen molar-refractivity contribution in [1.29, 1.82) is 0 Å². The highest BCUT2D eigenvalue weighted by atomic mass is 16.5. The van der Waals surface area contributed by atoms with Gasteiger partial charge >= 0.3 is 0 Å². The Kier molecular flexibility index (Phi) is 5.61. The highest BCUT2D eigenvalue weighted by Gasteiger charge is 2.17. The lowest BCUT2D eigenvalue weighted by Crippen LogP contribution is -2.29. The van der Waals surface area contributed by atoms with Gasteiger partial charge in [-0.25, -0.2) is 4.98 Å². The largest absolute Gasteiger partial charge is 0.457 e. The lowest BCUT2D eigenvalue weighted by Gasteiger charge is -2.28. The van der Waals surface area contributed by atoms with E-state index in [1.165, 1.54) is 6.42 Å². The first-order valence-corrected chi connectivity index (χ1v) is 9.75. The summed E-state index contributed by atoms with van der Waals surface area (Å²) >= 11 is 0. The topological polar surface area (TPSA) is 77.7 Å². The van der Waals surface area contributed by atoms with Crippen LogP contribution in [0.5, 0.6) is 23.1 Å². The number of ether oxygens (including phenoxy) is 2. The van der Waals surface area contributed by atoms with E-state index in [0.29, 0.717) is 11.5 Å². The van der Waals surface area contributed by atoms with Gasteiger partial charge in [0, 0.05) is 13.1 Å². The molecule has 0 radical (unpaired) electrons. The highest BCUT2D eigenvalue weighted by Crippen LogP contribution is 2.30. The molecule has 1 fully saturated rings. The Balaban J connectivity index is 1.50. The molecule has 1 aliphatic heterocycles. The first kappa shape index (κ1) is 18.8. The summed E-state index contributed by atoms with van der Waals surface area (Å²) in [5, 5.41) is 0. The zero-order valence-corrected chi connectivity index (χ0v) is 16.1. The van der Waals surface area contributed by atoms with Crippen molar-refractivity contribution in [2.45, 2.75) is 19.3 Å². The molecule has 0 aliphatic carbocycles. The van der Waals surface area contributed by atoms with Gasteiger partial charge in [0.15, 0.2) is 0 Å². The Labute approximate surface area is 169 Å². The van der Waals surface area contributed by atoms with Gasteiger partial charge in [0.05, 0.1) is 11.9 Å². The minimum absolute atomic E-state index is 0.204. The van der Waals surface area contributed by atoms with Crippen molar-refractivity contribution in [2.75, 3.05) is 18.0 Å². The molecular weight excluding hydrogens is 366 g/mol. The standard InChI is InChI=1S/C23H23N3O3/c24-22(27)21-15-17(26-13-5-2-6-14-26)16-25-23(21)29-20-11-9-19(10-12-20)28-18-7-3-1-4-8-18/h1,3-4,7-12,15-16H,2,5-6,13-14H2,(H2,24,27). The van der Waals surface area contributed by atoms with Crippen molar-refractivity contribution in [1.82, 2.24) is 4.98 Å². The molecule has 0 saturated carbocycles. The van der Waals surface area contributed by atoms with Crippen LogP contribution in [0.4, 0.5) is 5.69 Å². The third-order valence-corrected chi connectivity index (χ3v) is 4.84. The number of anilines is 1. The van der Waals surface area contributed by atoms with Gasteiger partial charge in [-0.05, 0) is 61.7 Å². The molecule has 2 N–H and O–H groups in total. The molecule has 1 saturated heterocycles. The van der Waals surface area contributed by atoms with Crippen molar-refractivity contribution in [3.05, 3.63) is 72.4 Å². The van der Waals surface area contributed by atoms with Gasteiger partial charge in [-0.3, -0.25) is 4.79 Å². The molecule has 0 spiro atoms. The maximum Gasteiger partial charge on any atom is 0.254 e. The van der Waals surface area contributed by atoms with Gasteiger partial charge in [0.2, 0.25) is 5.88 Å². The monoisotopic (exact) mass is 389 g/mol. The van der Waals surface area contributed by atoms with Gasteiger partial charge in [-0.2, -0.15) is 0 Å². The molecule has 0 unspecified atom stereocenters. The average molecular weight is 389 g/mol. The molecule has 0 atom stereocenters. The van der Waals surface area contributed by atoms with Crippen LogP contribution in [0.3, 0.4) is 0 Å². The van der Waals surface area contributed by atoms with Crippen LogP contribution in [0.2, 0.25) is 0 Å². The molecule has 1 amide bonds. The number of nitrogens with two attached hydrogens (primary N) is 1. The van der Waals surface area contributed by atoms with Gasteiger partial charge in [-0.1, -0.05) is 18.2 Å². The third-order valence-electron chi connectivity index (χ3n) is 4.84. The molecule has 29 heavy (non-hydrogen) atoms. The fourth-order valence-electron chi connectivity index (χ4n) is 3.34. The summed E-state index contributed by atoms with van der Waals surface area (Å²) in [4.78, 5) is 18.6. The van der Waals surface area contributed by atoms with Crippen molar-refractivity contribution < 1.29 is 14.3 Å². The number of para-hydroxylation sites is 1. The van der Waals surface area contributed by atoms with Crippen LogP contribution in [0.25, 0.3) is 0 Å². The van der Waals surface area contributed by atoms with E-state index >= 15 is 0 Å². The summed E-state index contributed by atoms with van der Waals surface area (Å²) in [6, 6.07) is 18.4. The zero-order valence-electron chi connectivity index (χ0n) is 16.1. The molecule has 6 nitrogen and oxygen atoms in total. The first-order chi connectivity index (χ1) is 14.2. The van der Waals surface area contributed by atoms with Crippen LogP contribution in [0, 0.1) is 0 Å². The number of primary amides is 1. The fourth-order valence-corrected chi connectivity index (χ4v) is 3.34. The van der Waals surface area contributed by atoms with Crippen LogP contribution in [-0.4, -0.2) is 24.0 Å². The Morgan fingerprint density at radius 3 is 2.14 bits per heavy atom. The number of rotatable bonds is 6. The number of amides is 1. The maximum absolute atomic E-state index is 12.0. The van der Waals surface area contributed by atoms with Crippen molar-refractivity contribution in [3.8, 4) is 23.1 Å². The minimum atomic E-state index is -0.560. The second kappa shape index (κ2) is 8.65. The van der Waals surface area contributed by atoms with E-state index in [2.05, 4.69) is 9.88 Å². The lowest BCUT2D eigenvalue weighted by molar-refractivity contribution is 0.0997. The predicted octanol–water partition coefficient (Wildman–Crippen LogP) is 4.76. The van der Waals surface area contributed by atoms with Crippen molar-refractivity contribution >= 4 is 11.6 Å². The number of benzene rings is 2. The van der Waals surface area contributed by atoms with Crippen LogP contribution < -0.4 is 20.1 Å². The molecular formula is C23H23N3O3. The van der Waals surface area contributed by atoms with Gasteiger partial charge in [-0.15, -0.1) is 0 Å². The highest BCUT2D eigenvalue weighted by molar-refractivity contribution is 5.96.